The molecule has 2 amide bonds. The number of rotatable bonds is 11. The summed E-state index contributed by atoms with van der Waals surface area (Å²) >= 11 is 0. The first-order valence-electron chi connectivity index (χ1n) is 10.1. The fraction of sp³-hybridized carbons (Fsp3) is 0.304. The Bertz CT molecular complexity index is 974. The highest BCUT2D eigenvalue weighted by molar-refractivity contribution is 6.04. The van der Waals surface area contributed by atoms with E-state index in [2.05, 4.69) is 20.6 Å². The first-order chi connectivity index (χ1) is 15.5. The van der Waals surface area contributed by atoms with Crippen molar-refractivity contribution < 1.29 is 28.6 Å². The number of anilines is 1. The zero-order valence-electron chi connectivity index (χ0n) is 18.3. The van der Waals surface area contributed by atoms with Gasteiger partial charge in [0.2, 0.25) is 11.8 Å². The van der Waals surface area contributed by atoms with E-state index in [1.54, 1.807) is 24.3 Å². The van der Waals surface area contributed by atoms with Crippen molar-refractivity contribution in [1.29, 1.82) is 0 Å². The van der Waals surface area contributed by atoms with Crippen molar-refractivity contribution in [2.45, 2.75) is 26.7 Å². The van der Waals surface area contributed by atoms with Crippen molar-refractivity contribution in [1.82, 2.24) is 5.43 Å². The SMILES string of the molecule is CCOc1cc(C=NNC(=O)CC(=O)Nc2ccccc2CC)ccc1OCC(=O)OC. The highest BCUT2D eigenvalue weighted by Gasteiger charge is 2.11. The number of hydrogen-bond acceptors (Lipinski definition) is 7. The first kappa shape index (κ1) is 24.4. The van der Waals surface area contributed by atoms with Crippen LogP contribution in [0.25, 0.3) is 0 Å². The fourth-order valence-electron chi connectivity index (χ4n) is 2.70. The second-order valence-corrected chi connectivity index (χ2v) is 6.53. The molecule has 0 aliphatic carbocycles. The molecule has 0 saturated carbocycles. The molecule has 0 fully saturated rings. The molecule has 2 rings (SSSR count). The van der Waals surface area contributed by atoms with Crippen molar-refractivity contribution in [2.24, 2.45) is 5.10 Å². The highest BCUT2D eigenvalue weighted by atomic mass is 16.6. The third kappa shape index (κ3) is 7.75. The summed E-state index contributed by atoms with van der Waals surface area (Å²) in [5, 5.41) is 6.62. The van der Waals surface area contributed by atoms with Gasteiger partial charge in [0.05, 0.1) is 19.9 Å². The number of aryl methyl sites for hydroxylation is 1. The normalized spacial score (nSPS) is 10.5. The average molecular weight is 441 g/mol. The first-order valence-corrected chi connectivity index (χ1v) is 10.1. The smallest absolute Gasteiger partial charge is 0.343 e. The van der Waals surface area contributed by atoms with Gasteiger partial charge in [0, 0.05) is 5.69 Å². The summed E-state index contributed by atoms with van der Waals surface area (Å²) < 4.78 is 15.5. The van der Waals surface area contributed by atoms with Gasteiger partial charge in [0.25, 0.3) is 0 Å². The minimum absolute atomic E-state index is 0.245. The zero-order chi connectivity index (χ0) is 23.3. The molecule has 170 valence electrons. The molecule has 9 nitrogen and oxygen atoms in total. The average Bonchev–Trinajstić information content (AvgIpc) is 2.78. The lowest BCUT2D eigenvalue weighted by Crippen LogP contribution is -2.25. The number of hydrogen-bond donors (Lipinski definition) is 2. The van der Waals surface area contributed by atoms with Gasteiger partial charge < -0.3 is 19.5 Å². The second kappa shape index (κ2) is 12.7. The summed E-state index contributed by atoms with van der Waals surface area (Å²) in [5.74, 6) is -0.689. The Morgan fingerprint density at radius 3 is 2.50 bits per heavy atom. The minimum Gasteiger partial charge on any atom is -0.490 e. The molecule has 0 aliphatic heterocycles. The number of carbonyl (C=O) groups excluding carboxylic acids is 3. The summed E-state index contributed by atoms with van der Waals surface area (Å²) in [6.07, 6.45) is 1.82. The maximum Gasteiger partial charge on any atom is 0.343 e. The van der Waals surface area contributed by atoms with E-state index in [0.29, 0.717) is 29.4 Å². The number of methoxy groups -OCH3 is 1. The van der Waals surface area contributed by atoms with Gasteiger partial charge in [-0.3, -0.25) is 9.59 Å². The molecular weight excluding hydrogens is 414 g/mol. The molecule has 0 aliphatic rings. The number of esters is 1. The van der Waals surface area contributed by atoms with E-state index in [1.807, 2.05) is 32.0 Å². The number of carbonyl (C=O) groups is 3. The van der Waals surface area contributed by atoms with Crippen molar-refractivity contribution in [3.63, 3.8) is 0 Å². The molecule has 2 N–H and O–H groups in total. The Hall–Kier alpha value is -3.88. The Kier molecular flexibility index (Phi) is 9.70. The number of nitrogens with one attached hydrogen (secondary N) is 2. The van der Waals surface area contributed by atoms with Crippen LogP contribution in [0.5, 0.6) is 11.5 Å². The van der Waals surface area contributed by atoms with Gasteiger partial charge in [-0.15, -0.1) is 0 Å². The van der Waals surface area contributed by atoms with Crippen LogP contribution >= 0.6 is 0 Å². The van der Waals surface area contributed by atoms with Gasteiger partial charge in [-0.05, 0) is 48.7 Å². The van der Waals surface area contributed by atoms with Gasteiger partial charge in [-0.2, -0.15) is 5.10 Å². The van der Waals surface area contributed by atoms with Crippen LogP contribution in [0, 0.1) is 0 Å². The van der Waals surface area contributed by atoms with Crippen LogP contribution in [0.1, 0.15) is 31.4 Å². The number of para-hydroxylation sites is 1. The topological polar surface area (TPSA) is 115 Å². The third-order valence-electron chi connectivity index (χ3n) is 4.24. The summed E-state index contributed by atoms with van der Waals surface area (Å²) in [6.45, 7) is 3.95. The zero-order valence-corrected chi connectivity index (χ0v) is 18.3. The Labute approximate surface area is 186 Å². The Balaban J connectivity index is 1.91. The van der Waals surface area contributed by atoms with E-state index < -0.39 is 17.8 Å². The number of ether oxygens (including phenoxy) is 3. The predicted molar refractivity (Wildman–Crippen MR) is 120 cm³/mol. The number of nitrogens with zero attached hydrogens (tertiary/aromatic N) is 1. The van der Waals surface area contributed by atoms with E-state index in [4.69, 9.17) is 9.47 Å². The second-order valence-electron chi connectivity index (χ2n) is 6.53. The van der Waals surface area contributed by atoms with Crippen molar-refractivity contribution in [3.8, 4) is 11.5 Å². The van der Waals surface area contributed by atoms with Crippen LogP contribution in [-0.4, -0.2) is 44.3 Å². The summed E-state index contributed by atoms with van der Waals surface area (Å²) in [7, 11) is 1.27. The Morgan fingerprint density at radius 2 is 1.78 bits per heavy atom. The number of benzene rings is 2. The monoisotopic (exact) mass is 441 g/mol. The lowest BCUT2D eigenvalue weighted by atomic mass is 10.1. The molecule has 2 aromatic carbocycles. The molecule has 0 saturated heterocycles. The molecule has 9 heteroatoms. The minimum atomic E-state index is -0.546. The van der Waals surface area contributed by atoms with Crippen LogP contribution in [-0.2, 0) is 25.5 Å². The molecule has 0 heterocycles. The molecule has 0 bridgehead atoms. The molecule has 0 atom stereocenters. The van der Waals surface area contributed by atoms with E-state index in [9.17, 15) is 14.4 Å². The fourth-order valence-corrected chi connectivity index (χ4v) is 2.70. The third-order valence-corrected chi connectivity index (χ3v) is 4.24. The number of amides is 2. The molecule has 0 spiro atoms. The van der Waals surface area contributed by atoms with E-state index in [-0.39, 0.29) is 13.0 Å². The van der Waals surface area contributed by atoms with E-state index in [0.717, 1.165) is 12.0 Å². The predicted octanol–water partition coefficient (Wildman–Crippen LogP) is 2.68. The van der Waals surface area contributed by atoms with E-state index in [1.165, 1.54) is 13.3 Å². The van der Waals surface area contributed by atoms with Gasteiger partial charge in [-0.1, -0.05) is 25.1 Å². The van der Waals surface area contributed by atoms with Crippen LogP contribution in [0.15, 0.2) is 47.6 Å². The molecular formula is C23H27N3O6. The lowest BCUT2D eigenvalue weighted by molar-refractivity contribution is -0.143. The van der Waals surface area contributed by atoms with Crippen molar-refractivity contribution >= 4 is 29.7 Å². The largest absolute Gasteiger partial charge is 0.490 e. The summed E-state index contributed by atoms with van der Waals surface area (Å²) in [4.78, 5) is 35.4. The van der Waals surface area contributed by atoms with Gasteiger partial charge in [-0.25, -0.2) is 10.2 Å². The standard InChI is InChI=1S/C23H27N3O6/c1-4-17-8-6-7-9-18(17)25-21(27)13-22(28)26-24-14-16-10-11-19(20(12-16)31-5-2)32-15-23(29)30-3/h6-12,14H,4-5,13,15H2,1-3H3,(H,25,27)(H,26,28). The van der Waals surface area contributed by atoms with Gasteiger partial charge in [0.15, 0.2) is 18.1 Å². The Morgan fingerprint density at radius 1 is 1.00 bits per heavy atom. The quantitative estimate of drug-likeness (QED) is 0.240. The van der Waals surface area contributed by atoms with Crippen LogP contribution in [0.4, 0.5) is 5.69 Å². The number of hydrazone groups is 1. The van der Waals surface area contributed by atoms with E-state index >= 15 is 0 Å². The molecule has 2 aromatic rings. The maximum atomic E-state index is 12.1. The maximum absolute atomic E-state index is 12.1. The summed E-state index contributed by atoms with van der Waals surface area (Å²) in [6, 6.07) is 12.4. The molecule has 0 aromatic heterocycles. The highest BCUT2D eigenvalue weighted by Crippen LogP contribution is 2.28. The molecule has 32 heavy (non-hydrogen) atoms. The van der Waals surface area contributed by atoms with Crippen LogP contribution in [0.2, 0.25) is 0 Å². The van der Waals surface area contributed by atoms with Crippen LogP contribution in [0.3, 0.4) is 0 Å². The summed E-state index contributed by atoms with van der Waals surface area (Å²) in [5.41, 5.74) is 4.63. The van der Waals surface area contributed by atoms with Gasteiger partial charge >= 0.3 is 5.97 Å². The molecule has 0 radical (unpaired) electrons. The molecule has 0 unspecified atom stereocenters. The van der Waals surface area contributed by atoms with Gasteiger partial charge in [0.1, 0.15) is 6.42 Å². The van der Waals surface area contributed by atoms with Crippen molar-refractivity contribution in [2.75, 3.05) is 25.6 Å². The van der Waals surface area contributed by atoms with Crippen molar-refractivity contribution in [3.05, 3.63) is 53.6 Å². The lowest BCUT2D eigenvalue weighted by Gasteiger charge is -2.11. The van der Waals surface area contributed by atoms with Crippen LogP contribution < -0.4 is 20.2 Å².